The molecule has 0 saturated carbocycles. The second-order valence-corrected chi connectivity index (χ2v) is 7.65. The zero-order valence-corrected chi connectivity index (χ0v) is 16.3. The first-order chi connectivity index (χ1) is 10.8. The van der Waals surface area contributed by atoms with Crippen molar-refractivity contribution in [1.82, 2.24) is 4.90 Å². The van der Waals surface area contributed by atoms with Crippen LogP contribution >= 0.6 is 46.6 Å². The molecule has 0 aromatic heterocycles. The lowest BCUT2D eigenvalue weighted by Gasteiger charge is -2.12. The number of hydrogen-bond acceptors (Lipinski definition) is 5. The fraction of sp³-hybridized carbons (Fsp3) is 0.267. The van der Waals surface area contributed by atoms with Gasteiger partial charge in [0.2, 0.25) is 0 Å². The Morgan fingerprint density at radius 1 is 1.52 bits per heavy atom. The van der Waals surface area contributed by atoms with E-state index in [1.54, 1.807) is 13.2 Å². The Morgan fingerprint density at radius 3 is 2.83 bits per heavy atom. The second kappa shape index (κ2) is 7.63. The minimum Gasteiger partial charge on any atom is -0.496 e. The zero-order chi connectivity index (χ0) is 17.1. The quantitative estimate of drug-likeness (QED) is 0.411. The van der Waals surface area contributed by atoms with Crippen LogP contribution in [-0.2, 0) is 9.59 Å². The minimum absolute atomic E-state index is 0.0894. The Hall–Kier alpha value is -1.13. The van der Waals surface area contributed by atoms with Crippen LogP contribution in [0.4, 0.5) is 0 Å². The van der Waals surface area contributed by atoms with Crippen molar-refractivity contribution in [3.63, 3.8) is 0 Å². The molecule has 1 heterocycles. The highest BCUT2D eigenvalue weighted by Gasteiger charge is 2.32. The smallest absolute Gasteiger partial charge is 0.305 e. The zero-order valence-electron chi connectivity index (χ0n) is 12.5. The van der Waals surface area contributed by atoms with Gasteiger partial charge in [0.25, 0.3) is 5.91 Å². The van der Waals surface area contributed by atoms with Gasteiger partial charge >= 0.3 is 5.97 Å². The highest BCUT2D eigenvalue weighted by molar-refractivity contribution is 14.1. The van der Waals surface area contributed by atoms with Crippen LogP contribution in [0.5, 0.6) is 5.75 Å². The molecule has 0 spiro atoms. The summed E-state index contributed by atoms with van der Waals surface area (Å²) in [6.45, 7) is 2.06. The molecule has 2 rings (SSSR count). The molecule has 0 atom stereocenters. The first-order valence-electron chi connectivity index (χ1n) is 6.64. The molecule has 23 heavy (non-hydrogen) atoms. The maximum absolute atomic E-state index is 12.4. The van der Waals surface area contributed by atoms with Crippen LogP contribution < -0.4 is 4.74 Å². The number of thioether (sulfide) groups is 1. The SMILES string of the molecule is COc1cc(/C=C2\SC(=S)N(CCC(=O)O)C2=O)cc(I)c1C. The first-order valence-corrected chi connectivity index (χ1v) is 8.95. The normalized spacial score (nSPS) is 16.3. The number of amides is 1. The van der Waals surface area contributed by atoms with Crippen LogP contribution in [0.25, 0.3) is 6.08 Å². The number of hydrogen-bond donors (Lipinski definition) is 1. The third kappa shape index (κ3) is 4.24. The molecule has 1 N–H and O–H groups in total. The maximum atomic E-state index is 12.4. The molecule has 0 bridgehead atoms. The standard InChI is InChI=1S/C15H14INO4S2/c1-8-10(16)5-9(6-11(8)21-2)7-12-14(20)17(15(22)23-12)4-3-13(18)19/h5-7H,3-4H2,1-2H3,(H,18,19)/b12-7-. The molecule has 1 aliphatic rings. The average Bonchev–Trinajstić information content (AvgIpc) is 2.74. The van der Waals surface area contributed by atoms with E-state index in [0.717, 1.165) is 20.4 Å². The van der Waals surface area contributed by atoms with Crippen LogP contribution in [0.1, 0.15) is 17.5 Å². The molecule has 1 aromatic carbocycles. The first kappa shape index (κ1) is 18.2. The maximum Gasteiger partial charge on any atom is 0.305 e. The summed E-state index contributed by atoms with van der Waals surface area (Å²) < 4.78 is 6.76. The van der Waals surface area contributed by atoms with E-state index in [-0.39, 0.29) is 18.9 Å². The second-order valence-electron chi connectivity index (χ2n) is 4.81. The van der Waals surface area contributed by atoms with E-state index >= 15 is 0 Å². The van der Waals surface area contributed by atoms with E-state index in [1.807, 2.05) is 19.1 Å². The van der Waals surface area contributed by atoms with E-state index in [1.165, 1.54) is 16.7 Å². The number of carbonyl (C=O) groups excluding carboxylic acids is 1. The molecule has 1 aliphatic heterocycles. The van der Waals surface area contributed by atoms with Crippen molar-refractivity contribution >= 4 is 68.8 Å². The molecule has 1 fully saturated rings. The molecule has 0 unspecified atom stereocenters. The Bertz CT molecular complexity index is 718. The topological polar surface area (TPSA) is 66.8 Å². The molecule has 0 radical (unpaired) electrons. The van der Waals surface area contributed by atoms with Crippen molar-refractivity contribution in [2.45, 2.75) is 13.3 Å². The van der Waals surface area contributed by atoms with Gasteiger partial charge in [0.15, 0.2) is 0 Å². The predicted molar refractivity (Wildman–Crippen MR) is 103 cm³/mol. The summed E-state index contributed by atoms with van der Waals surface area (Å²) in [6.07, 6.45) is 1.63. The Morgan fingerprint density at radius 2 is 2.22 bits per heavy atom. The lowest BCUT2D eigenvalue weighted by Crippen LogP contribution is -2.30. The minimum atomic E-state index is -0.958. The fourth-order valence-corrected chi connectivity index (χ4v) is 3.95. The number of carboxylic acids is 1. The summed E-state index contributed by atoms with van der Waals surface area (Å²) in [6, 6.07) is 3.82. The third-order valence-electron chi connectivity index (χ3n) is 3.26. The number of benzene rings is 1. The van der Waals surface area contributed by atoms with E-state index in [4.69, 9.17) is 22.1 Å². The molecule has 5 nitrogen and oxygen atoms in total. The van der Waals surface area contributed by atoms with Crippen molar-refractivity contribution in [2.75, 3.05) is 13.7 Å². The van der Waals surface area contributed by atoms with Crippen molar-refractivity contribution in [3.8, 4) is 5.75 Å². The van der Waals surface area contributed by atoms with E-state index in [2.05, 4.69) is 22.6 Å². The Kier molecular flexibility index (Phi) is 6.04. The number of rotatable bonds is 5. The number of methoxy groups -OCH3 is 1. The average molecular weight is 463 g/mol. The van der Waals surface area contributed by atoms with Crippen molar-refractivity contribution in [3.05, 3.63) is 31.7 Å². The van der Waals surface area contributed by atoms with Gasteiger partial charge in [0, 0.05) is 15.7 Å². The van der Waals surface area contributed by atoms with Crippen LogP contribution in [-0.4, -0.2) is 39.9 Å². The lowest BCUT2D eigenvalue weighted by molar-refractivity contribution is -0.137. The molecule has 122 valence electrons. The number of carbonyl (C=O) groups is 2. The molecule has 1 aromatic rings. The number of halogens is 1. The third-order valence-corrected chi connectivity index (χ3v) is 5.76. The van der Waals surface area contributed by atoms with Gasteiger partial charge in [0.05, 0.1) is 18.4 Å². The summed E-state index contributed by atoms with van der Waals surface area (Å²) in [5.74, 6) is -0.457. The lowest BCUT2D eigenvalue weighted by atomic mass is 10.1. The van der Waals surface area contributed by atoms with Crippen molar-refractivity contribution in [1.29, 1.82) is 0 Å². The van der Waals surface area contributed by atoms with Gasteiger partial charge in [-0.3, -0.25) is 14.5 Å². The van der Waals surface area contributed by atoms with Crippen LogP contribution in [0.15, 0.2) is 17.0 Å². The highest BCUT2D eigenvalue weighted by Crippen LogP contribution is 2.34. The van der Waals surface area contributed by atoms with E-state index in [9.17, 15) is 9.59 Å². The molecular weight excluding hydrogens is 449 g/mol. The highest BCUT2D eigenvalue weighted by atomic mass is 127. The molecule has 1 amide bonds. The van der Waals surface area contributed by atoms with Gasteiger partial charge in [-0.25, -0.2) is 0 Å². The summed E-state index contributed by atoms with van der Waals surface area (Å²) in [4.78, 5) is 24.8. The van der Waals surface area contributed by atoms with Gasteiger partial charge in [-0.15, -0.1) is 0 Å². The summed E-state index contributed by atoms with van der Waals surface area (Å²) in [7, 11) is 1.60. The van der Waals surface area contributed by atoms with Gasteiger partial charge in [-0.1, -0.05) is 24.0 Å². The van der Waals surface area contributed by atoms with Crippen LogP contribution in [0.3, 0.4) is 0 Å². The number of aliphatic carboxylic acids is 1. The van der Waals surface area contributed by atoms with Gasteiger partial charge in [0.1, 0.15) is 10.1 Å². The number of thiocarbonyl (C=S) groups is 1. The summed E-state index contributed by atoms with van der Waals surface area (Å²) >= 11 is 8.57. The summed E-state index contributed by atoms with van der Waals surface area (Å²) in [5.41, 5.74) is 1.88. The molecule has 0 aliphatic carbocycles. The van der Waals surface area contributed by atoms with Crippen LogP contribution in [0.2, 0.25) is 0 Å². The van der Waals surface area contributed by atoms with Gasteiger partial charge in [-0.2, -0.15) is 0 Å². The number of ether oxygens (including phenoxy) is 1. The van der Waals surface area contributed by atoms with E-state index < -0.39 is 5.97 Å². The Balaban J connectivity index is 2.27. The van der Waals surface area contributed by atoms with E-state index in [0.29, 0.717) is 9.23 Å². The number of nitrogens with zero attached hydrogens (tertiary/aromatic N) is 1. The Labute approximate surface area is 157 Å². The largest absolute Gasteiger partial charge is 0.496 e. The van der Waals surface area contributed by atoms with Crippen LogP contribution in [0, 0.1) is 10.5 Å². The van der Waals surface area contributed by atoms with Gasteiger partial charge in [-0.05, 0) is 53.3 Å². The monoisotopic (exact) mass is 463 g/mol. The molecule has 1 saturated heterocycles. The van der Waals surface area contributed by atoms with Crippen molar-refractivity contribution in [2.24, 2.45) is 0 Å². The molecular formula is C15H14INO4S2. The van der Waals surface area contributed by atoms with Gasteiger partial charge < -0.3 is 9.84 Å². The number of carboxylic acid groups (broad SMARTS) is 1. The fourth-order valence-electron chi connectivity index (χ4n) is 2.02. The summed E-state index contributed by atoms with van der Waals surface area (Å²) in [5, 5.41) is 8.74. The predicted octanol–water partition coefficient (Wildman–Crippen LogP) is 3.28. The molecule has 8 heteroatoms. The van der Waals surface area contributed by atoms with Crippen molar-refractivity contribution < 1.29 is 19.4 Å².